The Kier molecular flexibility index (Phi) is 5.67. The van der Waals surface area contributed by atoms with Crippen molar-refractivity contribution in [1.82, 2.24) is 10.3 Å². The molecule has 0 unspecified atom stereocenters. The highest BCUT2D eigenvalue weighted by Gasteiger charge is 2.33. The van der Waals surface area contributed by atoms with E-state index in [1.165, 1.54) is 0 Å². The van der Waals surface area contributed by atoms with Gasteiger partial charge in [0.05, 0.1) is 28.2 Å². The largest absolute Gasteiger partial charge is 0.388 e. The molecule has 1 saturated carbocycles. The van der Waals surface area contributed by atoms with Gasteiger partial charge in [-0.25, -0.2) is 9.37 Å². The number of carbonyl (C=O) groups excluding carboxylic acids is 1. The predicted molar refractivity (Wildman–Crippen MR) is 113 cm³/mol. The maximum atomic E-state index is 13.5. The fourth-order valence-corrected chi connectivity index (χ4v) is 4.88. The minimum Gasteiger partial charge on any atom is -0.388 e. The number of aliphatic hydroxyl groups is 1. The molecule has 3 atom stereocenters. The molecule has 1 aromatic heterocycles. The summed E-state index contributed by atoms with van der Waals surface area (Å²) in [5.74, 6) is 0.840. The van der Waals surface area contributed by atoms with Crippen LogP contribution < -0.4 is 10.2 Å². The zero-order chi connectivity index (χ0) is 20.6. The lowest BCUT2D eigenvalue weighted by atomic mass is 9.79. The second-order valence-corrected chi connectivity index (χ2v) is 9.01. The molecule has 4 rings (SSSR count). The number of carbonyl (C=O) groups is 1. The average Bonchev–Trinajstić information content (AvgIpc) is 3.12. The van der Waals surface area contributed by atoms with Crippen LogP contribution in [0.4, 0.5) is 10.2 Å². The van der Waals surface area contributed by atoms with E-state index < -0.39 is 11.8 Å². The van der Waals surface area contributed by atoms with Crippen LogP contribution in [0, 0.1) is 5.92 Å². The van der Waals surface area contributed by atoms with Gasteiger partial charge in [-0.1, -0.05) is 31.4 Å². The van der Waals surface area contributed by atoms with E-state index in [1.54, 1.807) is 12.1 Å². The molecular weight excluding hydrogens is 393 g/mol. The SMILES string of the molecule is C[C@H]1CCC[C@@](O)(CNC(=O)c2c(Cl)ccc3nc(N4CC[C@H](F)C4)ccc23)C1. The number of nitrogens with zero attached hydrogens (tertiary/aromatic N) is 2. The second kappa shape index (κ2) is 8.07. The van der Waals surface area contributed by atoms with Crippen molar-refractivity contribution in [2.75, 3.05) is 24.5 Å². The Labute approximate surface area is 175 Å². The first kappa shape index (κ1) is 20.4. The summed E-state index contributed by atoms with van der Waals surface area (Å²) in [6, 6.07) is 7.07. The number of halogens is 2. The molecule has 2 aromatic rings. The van der Waals surface area contributed by atoms with Crippen molar-refractivity contribution in [2.24, 2.45) is 5.92 Å². The van der Waals surface area contributed by atoms with Gasteiger partial charge in [-0.2, -0.15) is 0 Å². The van der Waals surface area contributed by atoms with Crippen LogP contribution in [0.2, 0.25) is 5.02 Å². The molecule has 0 radical (unpaired) electrons. The van der Waals surface area contributed by atoms with Crippen LogP contribution in [0.3, 0.4) is 0 Å². The lowest BCUT2D eigenvalue weighted by Crippen LogP contribution is -2.45. The first-order chi connectivity index (χ1) is 13.8. The highest BCUT2D eigenvalue weighted by atomic mass is 35.5. The molecule has 1 saturated heterocycles. The zero-order valence-corrected chi connectivity index (χ0v) is 17.4. The first-order valence-electron chi connectivity index (χ1n) is 10.3. The van der Waals surface area contributed by atoms with Crippen molar-refractivity contribution in [3.05, 3.63) is 34.9 Å². The number of rotatable bonds is 4. The quantitative estimate of drug-likeness (QED) is 0.782. The van der Waals surface area contributed by atoms with Gasteiger partial charge in [-0.05, 0) is 49.4 Å². The molecule has 0 bridgehead atoms. The molecule has 2 fully saturated rings. The molecule has 29 heavy (non-hydrogen) atoms. The number of fused-ring (bicyclic) bond motifs is 1. The maximum Gasteiger partial charge on any atom is 0.253 e. The minimum absolute atomic E-state index is 0.208. The van der Waals surface area contributed by atoms with Crippen LogP contribution in [-0.2, 0) is 0 Å². The van der Waals surface area contributed by atoms with E-state index in [2.05, 4.69) is 17.2 Å². The zero-order valence-electron chi connectivity index (χ0n) is 16.6. The number of pyridine rings is 1. The van der Waals surface area contributed by atoms with Crippen LogP contribution in [0.5, 0.6) is 0 Å². The van der Waals surface area contributed by atoms with E-state index in [4.69, 9.17) is 11.6 Å². The molecule has 2 heterocycles. The summed E-state index contributed by atoms with van der Waals surface area (Å²) in [4.78, 5) is 19.5. The number of amides is 1. The smallest absolute Gasteiger partial charge is 0.253 e. The Morgan fingerprint density at radius 1 is 1.38 bits per heavy atom. The van der Waals surface area contributed by atoms with Gasteiger partial charge in [0.25, 0.3) is 5.91 Å². The number of aromatic nitrogens is 1. The monoisotopic (exact) mass is 419 g/mol. The van der Waals surface area contributed by atoms with Crippen molar-refractivity contribution >= 4 is 34.2 Å². The van der Waals surface area contributed by atoms with Crippen LogP contribution in [-0.4, -0.2) is 47.4 Å². The average molecular weight is 420 g/mol. The molecule has 2 N–H and O–H groups in total. The van der Waals surface area contributed by atoms with Gasteiger partial charge in [0.15, 0.2) is 0 Å². The number of alkyl halides is 1. The van der Waals surface area contributed by atoms with Gasteiger partial charge in [0.1, 0.15) is 12.0 Å². The van der Waals surface area contributed by atoms with Crippen molar-refractivity contribution in [3.63, 3.8) is 0 Å². The van der Waals surface area contributed by atoms with Crippen LogP contribution in [0.1, 0.15) is 49.4 Å². The molecule has 1 amide bonds. The maximum absolute atomic E-state index is 13.5. The fraction of sp³-hybridized carbons (Fsp3) is 0.545. The number of anilines is 1. The van der Waals surface area contributed by atoms with E-state index in [9.17, 15) is 14.3 Å². The lowest BCUT2D eigenvalue weighted by molar-refractivity contribution is -0.0109. The highest BCUT2D eigenvalue weighted by Crippen LogP contribution is 2.32. The van der Waals surface area contributed by atoms with E-state index >= 15 is 0 Å². The summed E-state index contributed by atoms with van der Waals surface area (Å²) in [5.41, 5.74) is 0.138. The number of hydrogen-bond acceptors (Lipinski definition) is 4. The minimum atomic E-state index is -0.867. The van der Waals surface area contributed by atoms with E-state index in [0.717, 1.165) is 12.8 Å². The van der Waals surface area contributed by atoms with Crippen molar-refractivity contribution in [1.29, 1.82) is 0 Å². The van der Waals surface area contributed by atoms with Gasteiger partial charge in [-0.3, -0.25) is 4.79 Å². The summed E-state index contributed by atoms with van der Waals surface area (Å²) in [7, 11) is 0. The van der Waals surface area contributed by atoms with Gasteiger partial charge in [-0.15, -0.1) is 0 Å². The third-order valence-electron chi connectivity index (χ3n) is 6.13. The molecule has 1 aliphatic heterocycles. The summed E-state index contributed by atoms with van der Waals surface area (Å²) in [6.07, 6.45) is 3.14. The first-order valence-corrected chi connectivity index (χ1v) is 10.7. The Hall–Kier alpha value is -1.92. The Morgan fingerprint density at radius 2 is 2.21 bits per heavy atom. The highest BCUT2D eigenvalue weighted by molar-refractivity contribution is 6.35. The Morgan fingerprint density at radius 3 is 2.93 bits per heavy atom. The number of benzene rings is 1. The third kappa shape index (κ3) is 4.33. The molecule has 0 spiro atoms. The summed E-state index contributed by atoms with van der Waals surface area (Å²) >= 11 is 6.35. The van der Waals surface area contributed by atoms with Crippen molar-refractivity contribution < 1.29 is 14.3 Å². The molecule has 5 nitrogen and oxygen atoms in total. The van der Waals surface area contributed by atoms with E-state index in [0.29, 0.717) is 65.6 Å². The molecular formula is C22H27ClFN3O2. The predicted octanol–water partition coefficient (Wildman–Crippen LogP) is 4.11. The lowest BCUT2D eigenvalue weighted by Gasteiger charge is -2.35. The summed E-state index contributed by atoms with van der Waals surface area (Å²) in [5, 5.41) is 14.7. The summed E-state index contributed by atoms with van der Waals surface area (Å²) < 4.78 is 13.5. The standard InChI is InChI=1S/C22H27ClFN3O2/c1-14-3-2-9-22(29,11-14)13-25-21(28)20-16-4-7-19(27-10-8-15(24)12-27)26-18(16)6-5-17(20)23/h4-7,14-15,29H,2-3,8-13H2,1H3,(H,25,28)/t14-,15-,22-/m0/s1. The van der Waals surface area contributed by atoms with E-state index in [1.807, 2.05) is 17.0 Å². The molecule has 2 aliphatic rings. The molecule has 1 aliphatic carbocycles. The molecule has 156 valence electrons. The topological polar surface area (TPSA) is 65.5 Å². The fourth-order valence-electron chi connectivity index (χ4n) is 4.63. The van der Waals surface area contributed by atoms with Gasteiger partial charge in [0, 0.05) is 18.5 Å². The Bertz CT molecular complexity index is 924. The van der Waals surface area contributed by atoms with Crippen LogP contribution in [0.25, 0.3) is 10.9 Å². The van der Waals surface area contributed by atoms with Crippen molar-refractivity contribution in [3.8, 4) is 0 Å². The number of hydrogen-bond donors (Lipinski definition) is 2. The molecule has 1 aromatic carbocycles. The Balaban J connectivity index is 1.56. The van der Waals surface area contributed by atoms with Gasteiger partial charge in [0.2, 0.25) is 0 Å². The van der Waals surface area contributed by atoms with Crippen molar-refractivity contribution in [2.45, 2.75) is 50.8 Å². The normalized spacial score (nSPS) is 27.4. The summed E-state index contributed by atoms with van der Waals surface area (Å²) in [6.45, 7) is 3.32. The van der Waals surface area contributed by atoms with Gasteiger partial charge < -0.3 is 15.3 Å². The van der Waals surface area contributed by atoms with Crippen LogP contribution >= 0.6 is 11.6 Å². The second-order valence-electron chi connectivity index (χ2n) is 8.60. The van der Waals surface area contributed by atoms with E-state index in [-0.39, 0.29) is 12.5 Å². The van der Waals surface area contributed by atoms with Crippen LogP contribution in [0.15, 0.2) is 24.3 Å². The third-order valence-corrected chi connectivity index (χ3v) is 6.45. The molecule has 7 heteroatoms. The number of nitrogens with one attached hydrogen (secondary N) is 1. The van der Waals surface area contributed by atoms with Gasteiger partial charge >= 0.3 is 0 Å².